The van der Waals surface area contributed by atoms with Crippen molar-refractivity contribution in [3.8, 4) is 0 Å². The van der Waals surface area contributed by atoms with E-state index in [-0.39, 0.29) is 50.0 Å². The van der Waals surface area contributed by atoms with Gasteiger partial charge in [0, 0.05) is 25.3 Å². The number of ether oxygens (including phenoxy) is 3. The van der Waals surface area contributed by atoms with E-state index in [2.05, 4.69) is 50.4 Å². The molecular weight excluding hydrogens is 650 g/mol. The second-order valence-corrected chi connectivity index (χ2v) is 15.0. The Kier molecular flexibility index (Phi) is 38.1. The molecule has 0 heterocycles. The van der Waals surface area contributed by atoms with Crippen LogP contribution in [0.5, 0.6) is 0 Å². The highest BCUT2D eigenvalue weighted by Crippen LogP contribution is 2.18. The normalized spacial score (nSPS) is 12.2. The first-order chi connectivity index (χ1) is 25.4. The molecular formula is C45H83NO6. The first-order valence-electron chi connectivity index (χ1n) is 22.0. The fourth-order valence-corrected chi connectivity index (χ4v) is 6.12. The highest BCUT2D eigenvalue weighted by Gasteiger charge is 2.16. The maximum atomic E-state index is 12.6. The molecule has 0 aliphatic carbocycles. The quantitative estimate of drug-likeness (QED) is 0.0294. The lowest BCUT2D eigenvalue weighted by molar-refractivity contribution is -0.150. The molecule has 0 aromatic carbocycles. The van der Waals surface area contributed by atoms with Crippen LogP contribution in [0.2, 0.25) is 0 Å². The van der Waals surface area contributed by atoms with Gasteiger partial charge in [-0.15, -0.1) is 0 Å². The topological polar surface area (TPSA) is 90.9 Å². The summed E-state index contributed by atoms with van der Waals surface area (Å²) in [6.45, 7) is 9.56. The number of allylic oxidation sites excluding steroid dienone is 4. The summed E-state index contributed by atoms with van der Waals surface area (Å²) in [4.78, 5) is 36.9. The van der Waals surface area contributed by atoms with Crippen molar-refractivity contribution in [2.24, 2.45) is 5.92 Å². The van der Waals surface area contributed by atoms with Crippen LogP contribution in [0.15, 0.2) is 24.3 Å². The number of carbonyl (C=O) groups excluding carboxylic acids is 3. The lowest BCUT2D eigenvalue weighted by Crippen LogP contribution is -2.28. The molecule has 0 spiro atoms. The van der Waals surface area contributed by atoms with Gasteiger partial charge in [-0.2, -0.15) is 0 Å². The van der Waals surface area contributed by atoms with Crippen LogP contribution in [0, 0.1) is 5.92 Å². The van der Waals surface area contributed by atoms with E-state index < -0.39 is 6.09 Å². The smallest absolute Gasteiger partial charge is 0.407 e. The van der Waals surface area contributed by atoms with Crippen molar-refractivity contribution < 1.29 is 28.6 Å². The van der Waals surface area contributed by atoms with E-state index in [1.54, 1.807) is 0 Å². The number of unbranched alkanes of at least 4 members (excludes halogenated alkanes) is 19. The lowest BCUT2D eigenvalue weighted by Gasteiger charge is -2.18. The van der Waals surface area contributed by atoms with E-state index in [1.807, 2.05) is 6.92 Å². The van der Waals surface area contributed by atoms with Crippen LogP contribution in [-0.4, -0.2) is 43.9 Å². The number of esters is 2. The molecule has 0 saturated heterocycles. The van der Waals surface area contributed by atoms with Crippen LogP contribution >= 0.6 is 0 Å². The van der Waals surface area contributed by atoms with Gasteiger partial charge in [0.2, 0.25) is 0 Å². The maximum absolute atomic E-state index is 12.6. The Balaban J connectivity index is 3.91. The lowest BCUT2D eigenvalue weighted by atomic mass is 10.0. The minimum atomic E-state index is -0.425. The molecule has 1 unspecified atom stereocenters. The second-order valence-electron chi connectivity index (χ2n) is 15.0. The predicted octanol–water partition coefficient (Wildman–Crippen LogP) is 13.3. The van der Waals surface area contributed by atoms with Crippen LogP contribution < -0.4 is 5.32 Å². The van der Waals surface area contributed by atoms with Crippen molar-refractivity contribution in [2.45, 2.75) is 220 Å². The molecule has 304 valence electrons. The van der Waals surface area contributed by atoms with Gasteiger partial charge >= 0.3 is 18.0 Å². The van der Waals surface area contributed by atoms with Crippen LogP contribution in [0.3, 0.4) is 0 Å². The summed E-state index contributed by atoms with van der Waals surface area (Å²) in [5.41, 5.74) is 0. The minimum Gasteiger partial charge on any atom is -0.465 e. The molecule has 1 atom stereocenters. The first-order valence-corrected chi connectivity index (χ1v) is 22.0. The molecule has 1 amide bonds. The average Bonchev–Trinajstić information content (AvgIpc) is 3.13. The van der Waals surface area contributed by atoms with E-state index in [0.717, 1.165) is 51.4 Å². The molecule has 0 aromatic rings. The molecule has 52 heavy (non-hydrogen) atoms. The molecule has 0 saturated carbocycles. The first kappa shape index (κ1) is 49.7. The van der Waals surface area contributed by atoms with Crippen molar-refractivity contribution in [3.63, 3.8) is 0 Å². The number of hydrogen-bond donors (Lipinski definition) is 1. The number of nitrogens with one attached hydrogen (secondary N) is 1. The summed E-state index contributed by atoms with van der Waals surface area (Å²) in [5, 5.41) is 2.82. The Morgan fingerprint density at radius 1 is 0.519 bits per heavy atom. The molecule has 0 radical (unpaired) electrons. The van der Waals surface area contributed by atoms with Gasteiger partial charge in [-0.05, 0) is 70.6 Å². The van der Waals surface area contributed by atoms with E-state index in [0.29, 0.717) is 13.0 Å². The summed E-state index contributed by atoms with van der Waals surface area (Å²) >= 11 is 0. The zero-order chi connectivity index (χ0) is 38.2. The van der Waals surface area contributed by atoms with Crippen molar-refractivity contribution in [3.05, 3.63) is 24.3 Å². The zero-order valence-corrected chi connectivity index (χ0v) is 34.5. The highest BCUT2D eigenvalue weighted by molar-refractivity contribution is 5.72. The predicted molar refractivity (Wildman–Crippen MR) is 219 cm³/mol. The Bertz CT molecular complexity index is 856. The monoisotopic (exact) mass is 734 g/mol. The summed E-state index contributed by atoms with van der Waals surface area (Å²) in [6, 6.07) is 0. The van der Waals surface area contributed by atoms with Crippen LogP contribution in [-0.2, 0) is 23.8 Å². The van der Waals surface area contributed by atoms with Gasteiger partial charge in [-0.3, -0.25) is 9.59 Å². The van der Waals surface area contributed by atoms with Gasteiger partial charge in [0.15, 0.2) is 0 Å². The third-order valence-electron chi connectivity index (χ3n) is 9.49. The highest BCUT2D eigenvalue weighted by atomic mass is 16.6. The Hall–Kier alpha value is -2.31. The van der Waals surface area contributed by atoms with Gasteiger partial charge < -0.3 is 19.5 Å². The van der Waals surface area contributed by atoms with Crippen molar-refractivity contribution in [1.29, 1.82) is 0 Å². The van der Waals surface area contributed by atoms with Crippen LogP contribution in [0.25, 0.3) is 0 Å². The fraction of sp³-hybridized carbons (Fsp3) is 0.844. The molecule has 7 nitrogen and oxygen atoms in total. The number of amides is 1. The average molecular weight is 734 g/mol. The van der Waals surface area contributed by atoms with Crippen molar-refractivity contribution >= 4 is 18.0 Å². The van der Waals surface area contributed by atoms with Crippen molar-refractivity contribution in [2.75, 3.05) is 19.8 Å². The maximum Gasteiger partial charge on any atom is 0.407 e. The molecule has 0 fully saturated rings. The summed E-state index contributed by atoms with van der Waals surface area (Å²) in [7, 11) is 0. The SMILES string of the molecule is CCCCC/C=C\C/C=C\CCCCCCCCNC(=O)OCC(C)COC(=O)CCCC(=O)OC(CCCCCCCC)CCCCCCCC. The number of rotatable bonds is 38. The van der Waals surface area contributed by atoms with E-state index in [4.69, 9.17) is 14.2 Å². The van der Waals surface area contributed by atoms with Gasteiger partial charge in [-0.25, -0.2) is 4.79 Å². The molecule has 0 aromatic heterocycles. The number of carbonyl (C=O) groups is 3. The molecule has 1 N–H and O–H groups in total. The van der Waals surface area contributed by atoms with Crippen molar-refractivity contribution in [1.82, 2.24) is 5.32 Å². The minimum absolute atomic E-state index is 0.0136. The Morgan fingerprint density at radius 2 is 0.981 bits per heavy atom. The van der Waals surface area contributed by atoms with Gasteiger partial charge in [-0.1, -0.05) is 155 Å². The van der Waals surface area contributed by atoms with E-state index >= 15 is 0 Å². The molecule has 0 aliphatic heterocycles. The van der Waals surface area contributed by atoms with Gasteiger partial charge in [0.1, 0.15) is 6.10 Å². The molecule has 0 bridgehead atoms. The van der Waals surface area contributed by atoms with Crippen LogP contribution in [0.1, 0.15) is 214 Å². The largest absolute Gasteiger partial charge is 0.465 e. The standard InChI is InChI=1S/C45H83NO6/c1-5-8-11-14-17-18-19-20-21-22-23-24-25-26-29-32-38-46-45(49)51-40-41(4)39-50-43(47)36-33-37-44(48)52-42(34-30-27-15-12-9-6-2)35-31-28-16-13-10-7-3/h17-18,20-21,41-42H,5-16,19,22-40H2,1-4H3,(H,46,49)/b18-17-,21-20-. The summed E-state index contributed by atoms with van der Waals surface area (Å²) < 4.78 is 16.6. The molecule has 7 heteroatoms. The Labute approximate surface area is 321 Å². The fourth-order valence-electron chi connectivity index (χ4n) is 6.12. The van der Waals surface area contributed by atoms with Gasteiger partial charge in [0.05, 0.1) is 13.2 Å². The third kappa shape index (κ3) is 37.4. The Morgan fingerprint density at radius 3 is 1.58 bits per heavy atom. The molecule has 0 aliphatic rings. The number of alkyl carbamates (subject to hydrolysis) is 1. The zero-order valence-electron chi connectivity index (χ0n) is 34.5. The van der Waals surface area contributed by atoms with E-state index in [1.165, 1.54) is 116 Å². The summed E-state index contributed by atoms with van der Waals surface area (Å²) in [5.74, 6) is -0.651. The molecule has 0 rings (SSSR count). The van der Waals surface area contributed by atoms with Crippen LogP contribution in [0.4, 0.5) is 4.79 Å². The number of hydrogen-bond acceptors (Lipinski definition) is 6. The third-order valence-corrected chi connectivity index (χ3v) is 9.49. The second kappa shape index (κ2) is 39.9. The summed E-state index contributed by atoms with van der Waals surface area (Å²) in [6.07, 6.45) is 40.4. The van der Waals surface area contributed by atoms with E-state index in [9.17, 15) is 14.4 Å². The van der Waals surface area contributed by atoms with Gasteiger partial charge in [0.25, 0.3) is 0 Å².